The van der Waals surface area contributed by atoms with Crippen LogP contribution in [0.1, 0.15) is 25.7 Å². The van der Waals surface area contributed by atoms with E-state index in [1.54, 1.807) is 18.2 Å². The van der Waals surface area contributed by atoms with E-state index in [4.69, 9.17) is 23.1 Å². The summed E-state index contributed by atoms with van der Waals surface area (Å²) in [7, 11) is -3.72. The van der Waals surface area contributed by atoms with Crippen molar-refractivity contribution in [1.82, 2.24) is 0 Å². The number of rotatable bonds is 20. The highest BCUT2D eigenvalue weighted by atomic mass is 127. The Morgan fingerprint density at radius 2 is 1.10 bits per heavy atom. The van der Waals surface area contributed by atoms with Gasteiger partial charge < -0.3 is 18.9 Å². The standard InChI is InChI=1S/C20H33IO7S/c21-10-6-1-2-7-11-24-12-13-25-14-15-26-16-17-27-18-19-28-29(22,23)20-8-4-3-5-9-20/h3-5,8-9H,1-2,6-7,10-19H2. The van der Waals surface area contributed by atoms with Gasteiger partial charge in [-0.05, 0) is 29.4 Å². The molecule has 0 saturated heterocycles. The summed E-state index contributed by atoms with van der Waals surface area (Å²) < 4.78 is 51.5. The molecule has 9 heteroatoms. The third kappa shape index (κ3) is 15.2. The number of unbranched alkanes of at least 4 members (excludes halogenated alkanes) is 3. The SMILES string of the molecule is O=S(=O)(OCCOCCOCCOCCOCCCCCCI)c1ccccc1. The summed E-state index contributed by atoms with van der Waals surface area (Å²) in [5, 5.41) is 0. The van der Waals surface area contributed by atoms with Crippen LogP contribution in [0.5, 0.6) is 0 Å². The van der Waals surface area contributed by atoms with E-state index in [-0.39, 0.29) is 18.1 Å². The van der Waals surface area contributed by atoms with E-state index in [9.17, 15) is 8.42 Å². The molecule has 168 valence electrons. The summed E-state index contributed by atoms with van der Waals surface area (Å²) in [4.78, 5) is 0.139. The number of ether oxygens (including phenoxy) is 4. The summed E-state index contributed by atoms with van der Waals surface area (Å²) in [6.07, 6.45) is 4.92. The fourth-order valence-corrected chi connectivity index (χ4v) is 3.73. The van der Waals surface area contributed by atoms with E-state index in [0.717, 1.165) is 13.0 Å². The quantitative estimate of drug-likeness (QED) is 0.108. The zero-order valence-electron chi connectivity index (χ0n) is 16.9. The van der Waals surface area contributed by atoms with Gasteiger partial charge in [-0.3, -0.25) is 4.18 Å². The third-order valence-corrected chi connectivity index (χ3v) is 5.88. The molecule has 1 rings (SSSR count). The molecule has 0 spiro atoms. The zero-order chi connectivity index (χ0) is 21.0. The first-order chi connectivity index (χ1) is 14.2. The van der Waals surface area contributed by atoms with Crippen molar-refractivity contribution in [3.8, 4) is 0 Å². The van der Waals surface area contributed by atoms with E-state index in [0.29, 0.717) is 39.6 Å². The molecular weight excluding hydrogens is 511 g/mol. The largest absolute Gasteiger partial charge is 0.379 e. The van der Waals surface area contributed by atoms with Crippen LogP contribution in [-0.4, -0.2) is 72.3 Å². The molecule has 0 saturated carbocycles. The topological polar surface area (TPSA) is 80.3 Å². The molecule has 0 atom stereocenters. The van der Waals surface area contributed by atoms with Crippen LogP contribution >= 0.6 is 22.6 Å². The van der Waals surface area contributed by atoms with E-state index >= 15 is 0 Å². The molecule has 29 heavy (non-hydrogen) atoms. The van der Waals surface area contributed by atoms with Crippen molar-refractivity contribution < 1.29 is 31.5 Å². The Bertz CT molecular complexity index is 584. The molecule has 0 aliphatic carbocycles. The van der Waals surface area contributed by atoms with Gasteiger partial charge in [0.15, 0.2) is 0 Å². The van der Waals surface area contributed by atoms with Gasteiger partial charge in [-0.15, -0.1) is 0 Å². The van der Waals surface area contributed by atoms with Gasteiger partial charge in [0, 0.05) is 6.61 Å². The lowest BCUT2D eigenvalue weighted by Crippen LogP contribution is -2.15. The summed E-state index contributed by atoms with van der Waals surface area (Å²) in [6.45, 7) is 3.92. The summed E-state index contributed by atoms with van der Waals surface area (Å²) in [6, 6.07) is 8.03. The Kier molecular flexibility index (Phi) is 17.0. The van der Waals surface area contributed by atoms with E-state index < -0.39 is 10.1 Å². The first kappa shape index (κ1) is 26.7. The van der Waals surface area contributed by atoms with E-state index in [1.807, 2.05) is 0 Å². The molecule has 0 aliphatic heterocycles. The van der Waals surface area contributed by atoms with Crippen LogP contribution in [0.3, 0.4) is 0 Å². The first-order valence-electron chi connectivity index (χ1n) is 9.98. The van der Waals surface area contributed by atoms with Crippen LogP contribution in [0.2, 0.25) is 0 Å². The lowest BCUT2D eigenvalue weighted by molar-refractivity contribution is -0.00467. The van der Waals surface area contributed by atoms with Gasteiger partial charge in [0.1, 0.15) is 0 Å². The molecule has 0 N–H and O–H groups in total. The second-order valence-corrected chi connectivity index (χ2v) is 8.84. The molecule has 7 nitrogen and oxygen atoms in total. The average Bonchev–Trinajstić information content (AvgIpc) is 2.73. The van der Waals surface area contributed by atoms with Gasteiger partial charge in [0.05, 0.1) is 57.8 Å². The Balaban J connectivity index is 1.80. The van der Waals surface area contributed by atoms with Gasteiger partial charge in [-0.1, -0.05) is 53.6 Å². The minimum absolute atomic E-state index is 0.0292. The van der Waals surface area contributed by atoms with Crippen LogP contribution in [0.15, 0.2) is 35.2 Å². The minimum Gasteiger partial charge on any atom is -0.379 e. The lowest BCUT2D eigenvalue weighted by atomic mass is 10.2. The Morgan fingerprint density at radius 3 is 1.66 bits per heavy atom. The molecule has 0 aromatic heterocycles. The molecule has 0 bridgehead atoms. The smallest absolute Gasteiger partial charge is 0.297 e. The van der Waals surface area contributed by atoms with Crippen molar-refractivity contribution in [2.24, 2.45) is 0 Å². The van der Waals surface area contributed by atoms with Gasteiger partial charge in [-0.25, -0.2) is 0 Å². The molecule has 1 aromatic rings. The van der Waals surface area contributed by atoms with Gasteiger partial charge in [0.2, 0.25) is 0 Å². The maximum absolute atomic E-state index is 11.9. The Labute approximate surface area is 188 Å². The normalized spacial score (nSPS) is 11.8. The fourth-order valence-electron chi connectivity index (χ4n) is 2.27. The minimum atomic E-state index is -3.72. The number of alkyl halides is 1. The molecule has 1 aromatic carbocycles. The third-order valence-electron chi connectivity index (χ3n) is 3.79. The molecule has 0 amide bonds. The lowest BCUT2D eigenvalue weighted by Gasteiger charge is -2.08. The van der Waals surface area contributed by atoms with Crippen LogP contribution < -0.4 is 0 Å². The van der Waals surface area contributed by atoms with Crippen molar-refractivity contribution in [2.45, 2.75) is 30.6 Å². The van der Waals surface area contributed by atoms with Crippen LogP contribution in [0.4, 0.5) is 0 Å². The maximum atomic E-state index is 11.9. The molecule has 0 radical (unpaired) electrons. The number of benzene rings is 1. The highest BCUT2D eigenvalue weighted by Gasteiger charge is 2.13. The predicted octanol–water partition coefficient (Wildman–Crippen LogP) is 3.45. The summed E-state index contributed by atoms with van der Waals surface area (Å²) >= 11 is 2.40. The van der Waals surface area contributed by atoms with Gasteiger partial charge >= 0.3 is 0 Å². The van der Waals surface area contributed by atoms with Crippen LogP contribution in [0.25, 0.3) is 0 Å². The summed E-state index contributed by atoms with van der Waals surface area (Å²) in [5.74, 6) is 0. The molecule has 0 aliphatic rings. The maximum Gasteiger partial charge on any atom is 0.297 e. The Hall–Kier alpha value is -0.300. The fraction of sp³-hybridized carbons (Fsp3) is 0.700. The first-order valence-corrected chi connectivity index (χ1v) is 12.9. The molecule has 0 fully saturated rings. The zero-order valence-corrected chi connectivity index (χ0v) is 19.9. The number of hydrogen-bond donors (Lipinski definition) is 0. The van der Waals surface area contributed by atoms with Crippen molar-refractivity contribution >= 4 is 32.7 Å². The van der Waals surface area contributed by atoms with Gasteiger partial charge in [0.25, 0.3) is 10.1 Å². The van der Waals surface area contributed by atoms with Crippen molar-refractivity contribution in [3.63, 3.8) is 0 Å². The second kappa shape index (κ2) is 18.5. The van der Waals surface area contributed by atoms with Gasteiger partial charge in [-0.2, -0.15) is 8.42 Å². The molecule has 0 unspecified atom stereocenters. The van der Waals surface area contributed by atoms with E-state index in [2.05, 4.69) is 22.6 Å². The predicted molar refractivity (Wildman–Crippen MR) is 120 cm³/mol. The number of hydrogen-bond acceptors (Lipinski definition) is 7. The van der Waals surface area contributed by atoms with E-state index in [1.165, 1.54) is 35.8 Å². The van der Waals surface area contributed by atoms with Crippen molar-refractivity contribution in [2.75, 3.05) is 63.9 Å². The second-order valence-electron chi connectivity index (χ2n) is 6.14. The number of halogens is 1. The van der Waals surface area contributed by atoms with Crippen LogP contribution in [0, 0.1) is 0 Å². The Morgan fingerprint density at radius 1 is 0.621 bits per heavy atom. The highest BCUT2D eigenvalue weighted by molar-refractivity contribution is 14.1. The summed E-state index contributed by atoms with van der Waals surface area (Å²) in [5.41, 5.74) is 0. The van der Waals surface area contributed by atoms with Crippen molar-refractivity contribution in [3.05, 3.63) is 30.3 Å². The molecular formula is C20H33IO7S. The van der Waals surface area contributed by atoms with Crippen LogP contribution in [-0.2, 0) is 33.2 Å². The van der Waals surface area contributed by atoms with Crippen molar-refractivity contribution in [1.29, 1.82) is 0 Å². The highest BCUT2D eigenvalue weighted by Crippen LogP contribution is 2.10. The average molecular weight is 544 g/mol. The monoisotopic (exact) mass is 544 g/mol. The molecule has 0 heterocycles.